The number of carbonyl (C=O) groups excluding carboxylic acids is 1. The predicted octanol–water partition coefficient (Wildman–Crippen LogP) is 3.70. The summed E-state index contributed by atoms with van der Waals surface area (Å²) in [6.07, 6.45) is 0.790. The molecule has 2 N–H and O–H groups in total. The van der Waals surface area contributed by atoms with Crippen molar-refractivity contribution in [1.82, 2.24) is 4.90 Å². The molecule has 0 bridgehead atoms. The highest BCUT2D eigenvalue weighted by molar-refractivity contribution is 6.20. The quantitative estimate of drug-likeness (QED) is 0.339. The van der Waals surface area contributed by atoms with E-state index in [4.69, 9.17) is 31.5 Å². The van der Waals surface area contributed by atoms with E-state index in [0.717, 1.165) is 5.56 Å². The second kappa shape index (κ2) is 11.0. The first-order valence-electron chi connectivity index (χ1n) is 9.38. The Morgan fingerprint density at radius 3 is 2.31 bits per heavy atom. The van der Waals surface area contributed by atoms with Gasteiger partial charge in [0.05, 0.1) is 25.3 Å². The number of ketones is 1. The number of methoxy groups -OCH3 is 2. The van der Waals surface area contributed by atoms with E-state index in [2.05, 4.69) is 0 Å². The Bertz CT molecular complexity index is 791. The molecule has 7 heteroatoms. The molecule has 2 aromatic carbocycles. The molecule has 158 valence electrons. The van der Waals surface area contributed by atoms with E-state index in [1.807, 2.05) is 43.3 Å². The van der Waals surface area contributed by atoms with Gasteiger partial charge in [-0.2, -0.15) is 0 Å². The van der Waals surface area contributed by atoms with Gasteiger partial charge in [0.25, 0.3) is 0 Å². The maximum atomic E-state index is 12.7. The molecule has 0 radical (unpaired) electrons. The molecular weight excluding hydrogens is 392 g/mol. The minimum Gasteiger partial charge on any atom is -0.497 e. The number of carbonyl (C=O) groups is 1. The SMILES string of the molecule is COc1cc(COc2ccccc2C(=O)CCC(N)C(Cl)N(C)C)cc(OC)c1. The first kappa shape index (κ1) is 23.0. The van der Waals surface area contributed by atoms with Crippen LogP contribution in [0.5, 0.6) is 17.2 Å². The van der Waals surface area contributed by atoms with E-state index in [-0.39, 0.29) is 23.9 Å². The zero-order chi connectivity index (χ0) is 21.4. The Hall–Kier alpha value is -2.28. The Labute approximate surface area is 177 Å². The molecule has 2 atom stereocenters. The van der Waals surface area contributed by atoms with Gasteiger partial charge in [0.2, 0.25) is 0 Å². The van der Waals surface area contributed by atoms with Crippen molar-refractivity contribution >= 4 is 17.4 Å². The van der Waals surface area contributed by atoms with Crippen LogP contribution < -0.4 is 19.9 Å². The molecule has 0 heterocycles. The molecule has 0 aromatic heterocycles. The number of alkyl halides is 1. The summed E-state index contributed by atoms with van der Waals surface area (Å²) in [7, 11) is 6.91. The van der Waals surface area contributed by atoms with Crippen LogP contribution in [-0.2, 0) is 6.61 Å². The maximum Gasteiger partial charge on any atom is 0.166 e. The fraction of sp³-hybridized carbons (Fsp3) is 0.409. The molecule has 2 unspecified atom stereocenters. The predicted molar refractivity (Wildman–Crippen MR) is 115 cm³/mol. The first-order valence-corrected chi connectivity index (χ1v) is 9.82. The lowest BCUT2D eigenvalue weighted by Crippen LogP contribution is -2.40. The number of benzene rings is 2. The van der Waals surface area contributed by atoms with Gasteiger partial charge in [0, 0.05) is 18.5 Å². The summed E-state index contributed by atoms with van der Waals surface area (Å²) < 4.78 is 16.5. The third-order valence-corrected chi connectivity index (χ3v) is 5.26. The summed E-state index contributed by atoms with van der Waals surface area (Å²) in [4.78, 5) is 14.6. The summed E-state index contributed by atoms with van der Waals surface area (Å²) in [5.41, 5.74) is 7.18. The monoisotopic (exact) mass is 420 g/mol. The van der Waals surface area contributed by atoms with E-state index in [1.54, 1.807) is 32.4 Å². The summed E-state index contributed by atoms with van der Waals surface area (Å²) in [5, 5.41) is 0. The highest BCUT2D eigenvalue weighted by Gasteiger charge is 2.20. The zero-order valence-corrected chi connectivity index (χ0v) is 18.1. The van der Waals surface area contributed by atoms with Crippen LogP contribution in [0.1, 0.15) is 28.8 Å². The standard InChI is InChI=1S/C22H29ClN2O4/c1-25(2)22(23)19(24)9-10-20(26)18-7-5-6-8-21(18)29-14-15-11-16(27-3)13-17(12-15)28-4/h5-8,11-13,19,22H,9-10,14,24H2,1-4H3. The fourth-order valence-corrected chi connectivity index (χ4v) is 3.01. The highest BCUT2D eigenvalue weighted by atomic mass is 35.5. The molecule has 0 amide bonds. The smallest absolute Gasteiger partial charge is 0.166 e. The zero-order valence-electron chi connectivity index (χ0n) is 17.4. The molecule has 6 nitrogen and oxygen atoms in total. The van der Waals surface area contributed by atoms with Crippen LogP contribution in [0.15, 0.2) is 42.5 Å². The summed E-state index contributed by atoms with van der Waals surface area (Å²) in [6.45, 7) is 0.280. The van der Waals surface area contributed by atoms with Crippen LogP contribution in [0.3, 0.4) is 0 Å². The molecule has 0 aliphatic carbocycles. The number of nitrogens with two attached hydrogens (primary N) is 1. The topological polar surface area (TPSA) is 74.0 Å². The second-order valence-corrected chi connectivity index (χ2v) is 7.41. The minimum absolute atomic E-state index is 0.0260. The number of para-hydroxylation sites is 1. The molecule has 0 fully saturated rings. The molecule has 29 heavy (non-hydrogen) atoms. The second-order valence-electron chi connectivity index (χ2n) is 6.97. The van der Waals surface area contributed by atoms with Gasteiger partial charge >= 0.3 is 0 Å². The summed E-state index contributed by atoms with van der Waals surface area (Å²) in [5.74, 6) is 1.86. The van der Waals surface area contributed by atoms with Gasteiger partial charge in [-0.3, -0.25) is 9.69 Å². The van der Waals surface area contributed by atoms with Crippen molar-refractivity contribution in [1.29, 1.82) is 0 Å². The van der Waals surface area contributed by atoms with Crippen LogP contribution in [-0.4, -0.2) is 50.5 Å². The van der Waals surface area contributed by atoms with Crippen molar-refractivity contribution in [3.05, 3.63) is 53.6 Å². The van der Waals surface area contributed by atoms with E-state index in [0.29, 0.717) is 35.7 Å². The Morgan fingerprint density at radius 1 is 1.10 bits per heavy atom. The number of Topliss-reactive ketones (excluding diaryl/α,β-unsaturated/α-hetero) is 1. The summed E-state index contributed by atoms with van der Waals surface area (Å²) in [6, 6.07) is 12.4. The molecule has 0 aliphatic heterocycles. The normalized spacial score (nSPS) is 13.1. The lowest BCUT2D eigenvalue weighted by molar-refractivity contribution is 0.0970. The Balaban J connectivity index is 2.06. The number of hydrogen-bond acceptors (Lipinski definition) is 6. The fourth-order valence-electron chi connectivity index (χ4n) is 2.89. The van der Waals surface area contributed by atoms with E-state index in [9.17, 15) is 4.79 Å². The van der Waals surface area contributed by atoms with E-state index >= 15 is 0 Å². The molecule has 0 spiro atoms. The molecule has 0 saturated carbocycles. The molecule has 2 aromatic rings. The van der Waals surface area contributed by atoms with Crippen molar-refractivity contribution in [3.63, 3.8) is 0 Å². The Kier molecular flexibility index (Phi) is 8.76. The number of likely N-dealkylation sites (N-methyl/N-ethyl adjacent to an activating group) is 1. The maximum absolute atomic E-state index is 12.7. The van der Waals surface area contributed by atoms with Gasteiger partial charge in [-0.25, -0.2) is 0 Å². The van der Waals surface area contributed by atoms with Gasteiger partial charge in [-0.1, -0.05) is 12.1 Å². The lowest BCUT2D eigenvalue weighted by Gasteiger charge is -2.23. The number of halogens is 1. The molecular formula is C22H29ClN2O4. The lowest BCUT2D eigenvalue weighted by atomic mass is 10.0. The van der Waals surface area contributed by atoms with Crippen LogP contribution in [0.4, 0.5) is 0 Å². The third-order valence-electron chi connectivity index (χ3n) is 4.54. The van der Waals surface area contributed by atoms with Crippen molar-refractivity contribution in [2.75, 3.05) is 28.3 Å². The summed E-state index contributed by atoms with van der Waals surface area (Å²) >= 11 is 6.24. The van der Waals surface area contributed by atoms with Gasteiger partial charge in [0.1, 0.15) is 23.9 Å². The molecule has 0 aliphatic rings. The van der Waals surface area contributed by atoms with Gasteiger partial charge in [0.15, 0.2) is 5.78 Å². The number of hydrogen-bond donors (Lipinski definition) is 1. The van der Waals surface area contributed by atoms with Crippen molar-refractivity contribution in [2.24, 2.45) is 5.73 Å². The number of ether oxygens (including phenoxy) is 3. The Morgan fingerprint density at radius 2 is 1.72 bits per heavy atom. The van der Waals surface area contributed by atoms with E-state index < -0.39 is 0 Å². The average Bonchev–Trinajstić information content (AvgIpc) is 2.74. The van der Waals surface area contributed by atoms with Crippen LogP contribution in [0.2, 0.25) is 0 Å². The first-order chi connectivity index (χ1) is 13.8. The minimum atomic E-state index is -0.322. The largest absolute Gasteiger partial charge is 0.497 e. The molecule has 2 rings (SSSR count). The van der Waals surface area contributed by atoms with Crippen LogP contribution >= 0.6 is 11.6 Å². The van der Waals surface area contributed by atoms with E-state index in [1.165, 1.54) is 0 Å². The third kappa shape index (κ3) is 6.63. The van der Waals surface area contributed by atoms with Gasteiger partial charge < -0.3 is 19.9 Å². The van der Waals surface area contributed by atoms with Crippen molar-refractivity contribution in [2.45, 2.75) is 31.0 Å². The number of rotatable bonds is 11. The average molecular weight is 421 g/mol. The van der Waals surface area contributed by atoms with Crippen molar-refractivity contribution < 1.29 is 19.0 Å². The highest BCUT2D eigenvalue weighted by Crippen LogP contribution is 2.26. The number of nitrogens with zero attached hydrogens (tertiary/aromatic N) is 1. The van der Waals surface area contributed by atoms with Crippen LogP contribution in [0, 0.1) is 0 Å². The molecule has 0 saturated heterocycles. The van der Waals surface area contributed by atoms with Gasteiger partial charge in [-0.05, 0) is 50.3 Å². The van der Waals surface area contributed by atoms with Crippen LogP contribution in [0.25, 0.3) is 0 Å². The van der Waals surface area contributed by atoms with Crippen molar-refractivity contribution in [3.8, 4) is 17.2 Å². The van der Waals surface area contributed by atoms with Gasteiger partial charge in [-0.15, -0.1) is 11.6 Å².